The molecule has 0 amide bonds. The number of rotatable bonds is 0. The fourth-order valence-electron chi connectivity index (χ4n) is 0. The first-order valence-electron chi connectivity index (χ1n) is 0.309. The molecule has 6 heteroatoms. The zero-order chi connectivity index (χ0) is 4.00. The molecule has 0 fully saturated rings. The summed E-state index contributed by atoms with van der Waals surface area (Å²) in [6.07, 6.45) is 0. The van der Waals surface area contributed by atoms with Crippen LogP contribution in [-0.2, 0) is 0 Å². The van der Waals surface area contributed by atoms with Crippen LogP contribution in [0.3, 0.4) is 0 Å². The molecule has 0 atom stereocenters. The molecule has 0 aliphatic carbocycles. The third kappa shape index (κ3) is 27.3. The summed E-state index contributed by atoms with van der Waals surface area (Å²) >= 11 is 6.78. The van der Waals surface area contributed by atoms with Gasteiger partial charge in [-0.3, -0.25) is 0 Å². The van der Waals surface area contributed by atoms with Gasteiger partial charge >= 0.3 is 80.9 Å². The fourth-order valence-corrected chi connectivity index (χ4v) is 0. The van der Waals surface area contributed by atoms with E-state index in [2.05, 4.69) is 23.7 Å². The molecule has 0 aromatic carbocycles. The van der Waals surface area contributed by atoms with Crippen molar-refractivity contribution in [3.05, 3.63) is 0 Å². The van der Waals surface area contributed by atoms with E-state index in [9.17, 15) is 0 Å². The second kappa shape index (κ2) is 42.1. The Balaban J connectivity index is -0.00000000500. The van der Waals surface area contributed by atoms with Crippen LogP contribution in [0.15, 0.2) is 0 Å². The first-order chi connectivity index (χ1) is 2.00. The third-order valence-electron chi connectivity index (χ3n) is 0. The van der Waals surface area contributed by atoms with Crippen molar-refractivity contribution in [2.24, 2.45) is 0 Å². The Morgan fingerprint density at radius 3 is 0.833 bits per heavy atom. The maximum atomic E-state index is 7.72. The van der Waals surface area contributed by atoms with Crippen molar-refractivity contribution in [1.82, 2.24) is 0 Å². The minimum atomic E-state index is 0. The molecule has 0 heterocycles. The van der Waals surface area contributed by atoms with Gasteiger partial charge in [-0.1, -0.05) is 0 Å². The van der Waals surface area contributed by atoms with Crippen molar-refractivity contribution in [2.45, 2.75) is 0 Å². The van der Waals surface area contributed by atoms with Crippen LogP contribution in [0.5, 0.6) is 0 Å². The van der Waals surface area contributed by atoms with E-state index in [0.717, 1.165) is 0 Å². The molecule has 28 valence electrons. The number of hydrogen-bond donors (Lipinski definition) is 0. The van der Waals surface area contributed by atoms with Gasteiger partial charge in [0.1, 0.15) is 0 Å². The first-order valence-corrected chi connectivity index (χ1v) is 0.926. The van der Waals surface area contributed by atoms with Crippen LogP contribution in [0.2, 0.25) is 0 Å². The second-order valence-corrected chi connectivity index (χ2v) is 0. The summed E-state index contributed by atoms with van der Waals surface area (Å²) in [6, 6.07) is 0. The van der Waals surface area contributed by atoms with Gasteiger partial charge in [-0.15, -0.1) is 0 Å². The summed E-state index contributed by atoms with van der Waals surface area (Å²) in [4.78, 5) is 0. The van der Waals surface area contributed by atoms with Crippen LogP contribution in [0.25, 0.3) is 0 Å². The standard InChI is InChI=1S/2ClO.K.Na/c2*1-2;;/q2*-1;2*+1. The van der Waals surface area contributed by atoms with Crippen molar-refractivity contribution in [2.75, 3.05) is 0 Å². The molecule has 0 spiro atoms. The van der Waals surface area contributed by atoms with E-state index in [1.807, 2.05) is 0 Å². The molecule has 0 saturated carbocycles. The first kappa shape index (κ1) is 22.9. The van der Waals surface area contributed by atoms with Crippen molar-refractivity contribution in [3.63, 3.8) is 0 Å². The topological polar surface area (TPSA) is 46.1 Å². The SMILES string of the molecule is [K+].[Na+].[O-]Cl.[O-]Cl. The van der Waals surface area contributed by atoms with Crippen LogP contribution in [0, 0.1) is 0 Å². The Kier molecular flexibility index (Phi) is 161. The monoisotopic (exact) mass is 164 g/mol. The van der Waals surface area contributed by atoms with Gasteiger partial charge in [0.2, 0.25) is 0 Å². The predicted molar refractivity (Wildman–Crippen MR) is 11.7 cm³/mol. The normalized spacial score (nSPS) is 2.00. The maximum absolute atomic E-state index is 7.72. The van der Waals surface area contributed by atoms with E-state index in [1.165, 1.54) is 0 Å². The Hall–Kier alpha value is 3.14. The molecular weight excluding hydrogens is 165 g/mol. The summed E-state index contributed by atoms with van der Waals surface area (Å²) in [5.41, 5.74) is 0. The molecule has 0 rings (SSSR count). The predicted octanol–water partition coefficient (Wildman–Crippen LogP) is -6.99. The smallest absolute Gasteiger partial charge is 0.769 e. The van der Waals surface area contributed by atoms with Crippen LogP contribution in [0.4, 0.5) is 0 Å². The Labute approximate surface area is 111 Å². The van der Waals surface area contributed by atoms with Gasteiger partial charge < -0.3 is 9.32 Å². The Morgan fingerprint density at radius 2 is 0.833 bits per heavy atom. The molecule has 0 aliphatic heterocycles. The van der Waals surface area contributed by atoms with Gasteiger partial charge in [-0.2, -0.15) is 0 Å². The van der Waals surface area contributed by atoms with Gasteiger partial charge in [0.05, 0.1) is 0 Å². The second-order valence-electron chi connectivity index (χ2n) is 0. The van der Waals surface area contributed by atoms with Gasteiger partial charge in [0.25, 0.3) is 0 Å². The maximum Gasteiger partial charge on any atom is 1.00 e. The van der Waals surface area contributed by atoms with Crippen LogP contribution in [-0.4, -0.2) is 0 Å². The largest absolute Gasteiger partial charge is 1.00 e. The molecule has 0 aromatic rings. The minimum absolute atomic E-state index is 0. The summed E-state index contributed by atoms with van der Waals surface area (Å²) in [5.74, 6) is 0. The van der Waals surface area contributed by atoms with Crippen LogP contribution in [0.1, 0.15) is 0 Å². The third-order valence-corrected chi connectivity index (χ3v) is 0. The van der Waals surface area contributed by atoms with Crippen molar-refractivity contribution in [3.8, 4) is 0 Å². The molecule has 0 saturated heterocycles. The molecule has 6 heavy (non-hydrogen) atoms. The summed E-state index contributed by atoms with van der Waals surface area (Å²) in [6.45, 7) is 0. The molecule has 2 nitrogen and oxygen atoms in total. The zero-order valence-electron chi connectivity index (χ0n) is 3.57. The summed E-state index contributed by atoms with van der Waals surface area (Å²) < 4.78 is 15.4. The van der Waals surface area contributed by atoms with Crippen molar-refractivity contribution in [1.29, 1.82) is 0 Å². The van der Waals surface area contributed by atoms with E-state index in [-0.39, 0.29) is 80.9 Å². The number of hydrogen-bond acceptors (Lipinski definition) is 2. The average molecular weight is 165 g/mol. The van der Waals surface area contributed by atoms with Gasteiger partial charge in [-0.25, -0.2) is 23.7 Å². The molecular formula is Cl2KNaO2. The average Bonchev–Trinajstić information content (AvgIpc) is 1.50. The van der Waals surface area contributed by atoms with Crippen molar-refractivity contribution < 1.29 is 90.3 Å². The number of halogens is 2. The quantitative estimate of drug-likeness (QED) is 0.335. The van der Waals surface area contributed by atoms with Gasteiger partial charge in [-0.05, 0) is 0 Å². The zero-order valence-corrected chi connectivity index (χ0v) is 10.2. The molecule has 0 N–H and O–H groups in total. The molecule has 0 unspecified atom stereocenters. The molecule has 0 aromatic heterocycles. The van der Waals surface area contributed by atoms with E-state index in [1.54, 1.807) is 0 Å². The fraction of sp³-hybridized carbons (Fsp3) is 0. The van der Waals surface area contributed by atoms with E-state index in [0.29, 0.717) is 0 Å². The van der Waals surface area contributed by atoms with E-state index < -0.39 is 0 Å². The van der Waals surface area contributed by atoms with E-state index >= 15 is 0 Å². The molecule has 0 bridgehead atoms. The van der Waals surface area contributed by atoms with Gasteiger partial charge in [0, 0.05) is 0 Å². The Morgan fingerprint density at radius 1 is 0.833 bits per heavy atom. The summed E-state index contributed by atoms with van der Waals surface area (Å²) in [7, 11) is 0. The van der Waals surface area contributed by atoms with Gasteiger partial charge in [0.15, 0.2) is 0 Å². The molecule has 0 radical (unpaired) electrons. The molecule has 0 aliphatic rings. The van der Waals surface area contributed by atoms with E-state index in [4.69, 9.17) is 9.32 Å². The Bertz CT molecular complexity index is 11.5. The van der Waals surface area contributed by atoms with Crippen molar-refractivity contribution >= 4 is 23.7 Å². The van der Waals surface area contributed by atoms with Crippen LogP contribution < -0.4 is 90.3 Å². The minimum Gasteiger partial charge on any atom is -0.769 e. The summed E-state index contributed by atoms with van der Waals surface area (Å²) in [5, 5.41) is 0. The van der Waals surface area contributed by atoms with Crippen LogP contribution >= 0.6 is 23.7 Å².